The molecule has 5 nitrogen and oxygen atoms in total. The molecule has 0 amide bonds. The normalized spacial score (nSPS) is 11.3. The lowest BCUT2D eigenvalue weighted by Crippen LogP contribution is -2.14. The summed E-state index contributed by atoms with van der Waals surface area (Å²) >= 11 is 0. The standard InChI is InChI=1S/C17H14N4O/c22-17-13-6-2-3-7-14(13)19-16(20-17)9-10-21-15-8-4-1-5-12(15)11-18-21/h1-8,11H,9-10H2,(H,19,20,22). The summed E-state index contributed by atoms with van der Waals surface area (Å²) in [6, 6.07) is 15.4. The zero-order valence-corrected chi connectivity index (χ0v) is 11.9. The lowest BCUT2D eigenvalue weighted by atomic mass is 10.2. The van der Waals surface area contributed by atoms with Gasteiger partial charge in [0.15, 0.2) is 0 Å². The summed E-state index contributed by atoms with van der Waals surface area (Å²) in [5.41, 5.74) is 1.73. The second-order valence-electron chi connectivity index (χ2n) is 5.21. The molecule has 1 N–H and O–H groups in total. The predicted molar refractivity (Wildman–Crippen MR) is 85.8 cm³/mol. The molecular formula is C17H14N4O. The lowest BCUT2D eigenvalue weighted by Gasteiger charge is -2.05. The van der Waals surface area contributed by atoms with Crippen LogP contribution >= 0.6 is 0 Å². The van der Waals surface area contributed by atoms with Crippen molar-refractivity contribution < 1.29 is 0 Å². The van der Waals surface area contributed by atoms with Crippen LogP contribution in [0.3, 0.4) is 0 Å². The van der Waals surface area contributed by atoms with Crippen molar-refractivity contribution in [2.75, 3.05) is 0 Å². The van der Waals surface area contributed by atoms with Crippen molar-refractivity contribution >= 4 is 21.8 Å². The van der Waals surface area contributed by atoms with Crippen LogP contribution in [-0.2, 0) is 13.0 Å². The molecule has 22 heavy (non-hydrogen) atoms. The maximum atomic E-state index is 12.1. The number of nitrogens with one attached hydrogen (secondary N) is 1. The molecule has 0 bridgehead atoms. The molecule has 0 aliphatic carbocycles. The van der Waals surface area contributed by atoms with E-state index in [0.717, 1.165) is 16.4 Å². The average molecular weight is 290 g/mol. The van der Waals surface area contributed by atoms with Gasteiger partial charge >= 0.3 is 0 Å². The van der Waals surface area contributed by atoms with Crippen LogP contribution in [0.25, 0.3) is 21.8 Å². The van der Waals surface area contributed by atoms with E-state index >= 15 is 0 Å². The van der Waals surface area contributed by atoms with Crippen molar-refractivity contribution in [1.82, 2.24) is 19.7 Å². The molecule has 108 valence electrons. The number of fused-ring (bicyclic) bond motifs is 2. The summed E-state index contributed by atoms with van der Waals surface area (Å²) < 4.78 is 1.94. The van der Waals surface area contributed by atoms with Crippen molar-refractivity contribution in [2.24, 2.45) is 0 Å². The predicted octanol–water partition coefficient (Wildman–Crippen LogP) is 2.52. The van der Waals surface area contributed by atoms with Gasteiger partial charge in [0.25, 0.3) is 5.56 Å². The van der Waals surface area contributed by atoms with Crippen LogP contribution in [-0.4, -0.2) is 19.7 Å². The second kappa shape index (κ2) is 5.11. The van der Waals surface area contributed by atoms with Gasteiger partial charge in [0.1, 0.15) is 5.82 Å². The van der Waals surface area contributed by atoms with E-state index in [4.69, 9.17) is 0 Å². The largest absolute Gasteiger partial charge is 0.310 e. The Morgan fingerprint density at radius 2 is 1.86 bits per heavy atom. The first kappa shape index (κ1) is 12.8. The third kappa shape index (κ3) is 2.16. The summed E-state index contributed by atoms with van der Waals surface area (Å²) in [5, 5.41) is 6.13. The maximum Gasteiger partial charge on any atom is 0.258 e. The zero-order valence-electron chi connectivity index (χ0n) is 11.9. The van der Waals surface area contributed by atoms with Crippen molar-refractivity contribution in [3.05, 3.63) is 70.9 Å². The Kier molecular flexibility index (Phi) is 2.96. The number of para-hydroxylation sites is 2. The molecule has 2 aromatic heterocycles. The van der Waals surface area contributed by atoms with E-state index < -0.39 is 0 Å². The van der Waals surface area contributed by atoms with Crippen LogP contribution < -0.4 is 5.56 Å². The topological polar surface area (TPSA) is 63.6 Å². The van der Waals surface area contributed by atoms with Gasteiger partial charge in [0.05, 0.1) is 22.6 Å². The van der Waals surface area contributed by atoms with Gasteiger partial charge in [-0.15, -0.1) is 0 Å². The summed E-state index contributed by atoms with van der Waals surface area (Å²) in [7, 11) is 0. The minimum absolute atomic E-state index is 0.0917. The molecule has 0 spiro atoms. The highest BCUT2D eigenvalue weighted by molar-refractivity contribution is 5.78. The number of benzene rings is 2. The molecule has 0 aliphatic rings. The minimum atomic E-state index is -0.0917. The van der Waals surface area contributed by atoms with Gasteiger partial charge in [-0.3, -0.25) is 9.48 Å². The Bertz CT molecular complexity index is 1020. The Hall–Kier alpha value is -2.95. The Morgan fingerprint density at radius 3 is 2.82 bits per heavy atom. The van der Waals surface area contributed by atoms with Gasteiger partial charge in [0, 0.05) is 18.4 Å². The number of hydrogen-bond acceptors (Lipinski definition) is 3. The molecule has 0 aliphatic heterocycles. The number of aromatic amines is 1. The quantitative estimate of drug-likeness (QED) is 0.630. The highest BCUT2D eigenvalue weighted by Gasteiger charge is 2.05. The number of nitrogens with zero attached hydrogens (tertiary/aromatic N) is 3. The minimum Gasteiger partial charge on any atom is -0.310 e. The number of aromatic nitrogens is 4. The molecule has 5 heteroatoms. The molecule has 0 saturated carbocycles. The van der Waals surface area contributed by atoms with Crippen molar-refractivity contribution in [1.29, 1.82) is 0 Å². The Balaban J connectivity index is 1.65. The molecular weight excluding hydrogens is 276 g/mol. The number of aryl methyl sites for hydroxylation is 2. The molecule has 4 aromatic rings. The molecule has 0 fully saturated rings. The molecule has 0 atom stereocenters. The number of H-pyrrole nitrogens is 1. The summed E-state index contributed by atoms with van der Waals surface area (Å²) in [6.07, 6.45) is 2.48. The van der Waals surface area contributed by atoms with Gasteiger partial charge in [-0.25, -0.2) is 4.98 Å². The van der Waals surface area contributed by atoms with E-state index in [1.54, 1.807) is 6.07 Å². The van der Waals surface area contributed by atoms with Crippen LogP contribution in [0.5, 0.6) is 0 Å². The van der Waals surface area contributed by atoms with Crippen LogP contribution in [0.4, 0.5) is 0 Å². The fraction of sp³-hybridized carbons (Fsp3) is 0.118. The van der Waals surface area contributed by atoms with E-state index in [1.807, 2.05) is 53.3 Å². The molecule has 2 heterocycles. The van der Waals surface area contributed by atoms with Crippen molar-refractivity contribution in [3.63, 3.8) is 0 Å². The van der Waals surface area contributed by atoms with Crippen LogP contribution in [0, 0.1) is 0 Å². The van der Waals surface area contributed by atoms with Crippen molar-refractivity contribution in [2.45, 2.75) is 13.0 Å². The fourth-order valence-corrected chi connectivity index (χ4v) is 2.67. The van der Waals surface area contributed by atoms with Gasteiger partial charge in [-0.2, -0.15) is 5.10 Å². The van der Waals surface area contributed by atoms with E-state index in [2.05, 4.69) is 15.1 Å². The highest BCUT2D eigenvalue weighted by atomic mass is 16.1. The van der Waals surface area contributed by atoms with E-state index in [0.29, 0.717) is 24.2 Å². The van der Waals surface area contributed by atoms with Gasteiger partial charge < -0.3 is 4.98 Å². The first-order chi connectivity index (χ1) is 10.8. The summed E-state index contributed by atoms with van der Waals surface area (Å²) in [5.74, 6) is 0.684. The fourth-order valence-electron chi connectivity index (χ4n) is 2.67. The van der Waals surface area contributed by atoms with Crippen LogP contribution in [0.15, 0.2) is 59.5 Å². The van der Waals surface area contributed by atoms with Crippen molar-refractivity contribution in [3.8, 4) is 0 Å². The van der Waals surface area contributed by atoms with E-state index in [1.165, 1.54) is 0 Å². The second-order valence-corrected chi connectivity index (χ2v) is 5.21. The monoisotopic (exact) mass is 290 g/mol. The van der Waals surface area contributed by atoms with Gasteiger partial charge in [-0.1, -0.05) is 30.3 Å². The van der Waals surface area contributed by atoms with E-state index in [-0.39, 0.29) is 5.56 Å². The smallest absolute Gasteiger partial charge is 0.258 e. The molecule has 2 aromatic carbocycles. The SMILES string of the molecule is O=c1[nH]c(CCn2ncc3ccccc32)nc2ccccc12. The molecule has 0 radical (unpaired) electrons. The lowest BCUT2D eigenvalue weighted by molar-refractivity contribution is 0.619. The molecule has 0 unspecified atom stereocenters. The van der Waals surface area contributed by atoms with Crippen LogP contribution in [0.1, 0.15) is 5.82 Å². The summed E-state index contributed by atoms with van der Waals surface area (Å²) in [4.78, 5) is 19.4. The zero-order chi connectivity index (χ0) is 14.9. The Morgan fingerprint density at radius 1 is 1.05 bits per heavy atom. The number of hydrogen-bond donors (Lipinski definition) is 1. The summed E-state index contributed by atoms with van der Waals surface area (Å²) in [6.45, 7) is 0.675. The Labute approximate surface area is 126 Å². The molecule has 0 saturated heterocycles. The average Bonchev–Trinajstić information content (AvgIpc) is 2.96. The number of rotatable bonds is 3. The third-order valence-electron chi connectivity index (χ3n) is 3.77. The van der Waals surface area contributed by atoms with Gasteiger partial charge in [-0.05, 0) is 18.2 Å². The first-order valence-electron chi connectivity index (χ1n) is 7.20. The highest BCUT2D eigenvalue weighted by Crippen LogP contribution is 2.13. The van der Waals surface area contributed by atoms with E-state index in [9.17, 15) is 4.79 Å². The third-order valence-corrected chi connectivity index (χ3v) is 3.77. The van der Waals surface area contributed by atoms with Gasteiger partial charge in [0.2, 0.25) is 0 Å². The maximum absolute atomic E-state index is 12.1. The van der Waals surface area contributed by atoms with Crippen LogP contribution in [0.2, 0.25) is 0 Å². The first-order valence-corrected chi connectivity index (χ1v) is 7.20. The molecule has 4 rings (SSSR count).